The Morgan fingerprint density at radius 1 is 1.03 bits per heavy atom. The van der Waals surface area contributed by atoms with Gasteiger partial charge in [-0.1, -0.05) is 60.2 Å². The molecule has 0 bridgehead atoms. The maximum atomic E-state index is 13.4. The second-order valence-electron chi connectivity index (χ2n) is 7.65. The van der Waals surface area contributed by atoms with E-state index in [-0.39, 0.29) is 11.8 Å². The lowest BCUT2D eigenvalue weighted by molar-refractivity contribution is -0.120. The van der Waals surface area contributed by atoms with Gasteiger partial charge in [0.25, 0.3) is 11.8 Å². The van der Waals surface area contributed by atoms with Crippen LogP contribution in [0.4, 0.5) is 5.69 Å². The van der Waals surface area contributed by atoms with Gasteiger partial charge in [-0.25, -0.2) is 4.99 Å². The van der Waals surface area contributed by atoms with E-state index < -0.39 is 6.17 Å². The Kier molecular flexibility index (Phi) is 4.43. The number of aliphatic imine (C=N–C) groups is 1. The first-order chi connectivity index (χ1) is 14.6. The standard InChI is InChI=1S/C25H21N3O2/c1-16-14-19-12-13-28-22(19)20(15-16)21(17-8-4-2-5-9-17)26-23(25(28)30)27-24(29)18-10-6-3-7-11-18/h2-11,14-15,23H,12-13H2,1H3,(H,27,29). The zero-order chi connectivity index (χ0) is 20.7. The van der Waals surface area contributed by atoms with Crippen LogP contribution in [0.5, 0.6) is 0 Å². The van der Waals surface area contributed by atoms with Crippen LogP contribution in [0.2, 0.25) is 0 Å². The molecule has 0 aromatic heterocycles. The summed E-state index contributed by atoms with van der Waals surface area (Å²) in [7, 11) is 0. The molecular weight excluding hydrogens is 374 g/mol. The lowest BCUT2D eigenvalue weighted by Gasteiger charge is -2.21. The summed E-state index contributed by atoms with van der Waals surface area (Å²) in [5.74, 6) is -0.513. The number of anilines is 1. The van der Waals surface area contributed by atoms with Gasteiger partial charge in [0.1, 0.15) is 0 Å². The quantitative estimate of drug-likeness (QED) is 0.738. The molecule has 2 heterocycles. The van der Waals surface area contributed by atoms with E-state index in [1.54, 1.807) is 29.2 Å². The van der Waals surface area contributed by atoms with Crippen LogP contribution in [-0.4, -0.2) is 30.2 Å². The Hall–Kier alpha value is -3.73. The summed E-state index contributed by atoms with van der Waals surface area (Å²) in [5, 5.41) is 2.84. The van der Waals surface area contributed by atoms with Crippen LogP contribution in [0.1, 0.15) is 32.6 Å². The zero-order valence-electron chi connectivity index (χ0n) is 16.6. The van der Waals surface area contributed by atoms with Gasteiger partial charge in [0.05, 0.1) is 11.4 Å². The van der Waals surface area contributed by atoms with Crippen molar-refractivity contribution in [2.45, 2.75) is 19.5 Å². The fourth-order valence-electron chi connectivity index (χ4n) is 4.23. The molecule has 3 aromatic carbocycles. The Balaban J connectivity index is 1.64. The predicted molar refractivity (Wildman–Crippen MR) is 117 cm³/mol. The van der Waals surface area contributed by atoms with Crippen LogP contribution in [0.3, 0.4) is 0 Å². The Bertz CT molecular complexity index is 1170. The van der Waals surface area contributed by atoms with E-state index in [9.17, 15) is 9.59 Å². The van der Waals surface area contributed by atoms with E-state index in [1.165, 1.54) is 0 Å². The number of nitrogens with zero attached hydrogens (tertiary/aromatic N) is 2. The zero-order valence-corrected chi connectivity index (χ0v) is 16.6. The molecule has 0 aliphatic carbocycles. The van der Waals surface area contributed by atoms with E-state index in [0.717, 1.165) is 40.1 Å². The molecule has 2 amide bonds. The summed E-state index contributed by atoms with van der Waals surface area (Å²) in [6.07, 6.45) is -0.177. The summed E-state index contributed by atoms with van der Waals surface area (Å²) in [4.78, 5) is 32.8. The van der Waals surface area contributed by atoms with E-state index in [0.29, 0.717) is 12.1 Å². The Morgan fingerprint density at radius 3 is 2.47 bits per heavy atom. The first-order valence-electron chi connectivity index (χ1n) is 10.1. The third-order valence-electron chi connectivity index (χ3n) is 5.57. The van der Waals surface area contributed by atoms with Crippen molar-refractivity contribution in [1.82, 2.24) is 5.32 Å². The van der Waals surface area contributed by atoms with Gasteiger partial charge in [0.2, 0.25) is 6.17 Å². The minimum Gasteiger partial charge on any atom is -0.322 e. The fraction of sp³-hybridized carbons (Fsp3) is 0.160. The highest BCUT2D eigenvalue weighted by Crippen LogP contribution is 2.37. The molecule has 2 aliphatic heterocycles. The third-order valence-corrected chi connectivity index (χ3v) is 5.57. The average Bonchev–Trinajstić information content (AvgIpc) is 3.16. The van der Waals surface area contributed by atoms with Crippen molar-refractivity contribution in [3.05, 3.63) is 101 Å². The van der Waals surface area contributed by atoms with Crippen molar-refractivity contribution >= 4 is 23.2 Å². The third kappa shape index (κ3) is 3.08. The summed E-state index contributed by atoms with van der Waals surface area (Å²) in [6.45, 7) is 2.66. The molecule has 0 spiro atoms. The van der Waals surface area contributed by atoms with Crippen LogP contribution >= 0.6 is 0 Å². The van der Waals surface area contributed by atoms with Crippen LogP contribution in [0.25, 0.3) is 0 Å². The van der Waals surface area contributed by atoms with Crippen LogP contribution in [0, 0.1) is 6.92 Å². The second-order valence-corrected chi connectivity index (χ2v) is 7.65. The molecule has 30 heavy (non-hydrogen) atoms. The second kappa shape index (κ2) is 7.26. The molecule has 0 radical (unpaired) electrons. The van der Waals surface area contributed by atoms with E-state index in [1.807, 2.05) is 36.4 Å². The first-order valence-corrected chi connectivity index (χ1v) is 10.1. The molecule has 2 aliphatic rings. The molecule has 1 atom stereocenters. The van der Waals surface area contributed by atoms with E-state index in [4.69, 9.17) is 4.99 Å². The normalized spacial score (nSPS) is 17.2. The number of benzene rings is 3. The number of carbonyl (C=O) groups is 2. The molecule has 1 unspecified atom stereocenters. The van der Waals surface area contributed by atoms with Gasteiger partial charge in [0.15, 0.2) is 0 Å². The van der Waals surface area contributed by atoms with Crippen LogP contribution in [-0.2, 0) is 11.2 Å². The van der Waals surface area contributed by atoms with Crippen LogP contribution in [0.15, 0.2) is 77.8 Å². The van der Waals surface area contributed by atoms with E-state index in [2.05, 4.69) is 24.4 Å². The highest BCUT2D eigenvalue weighted by Gasteiger charge is 2.37. The van der Waals surface area contributed by atoms with Crippen molar-refractivity contribution in [3.63, 3.8) is 0 Å². The Labute approximate surface area is 175 Å². The molecule has 3 aromatic rings. The number of rotatable bonds is 3. The number of amides is 2. The molecule has 0 saturated heterocycles. The largest absolute Gasteiger partial charge is 0.322 e. The van der Waals surface area contributed by atoms with Gasteiger partial charge in [-0.15, -0.1) is 0 Å². The van der Waals surface area contributed by atoms with Crippen molar-refractivity contribution in [2.75, 3.05) is 11.4 Å². The number of hydrogen-bond acceptors (Lipinski definition) is 3. The van der Waals surface area contributed by atoms with Crippen molar-refractivity contribution in [3.8, 4) is 0 Å². The summed E-state index contributed by atoms with van der Waals surface area (Å²) < 4.78 is 0. The molecule has 5 heteroatoms. The van der Waals surface area contributed by atoms with Gasteiger partial charge in [-0.3, -0.25) is 9.59 Å². The van der Waals surface area contributed by atoms with Crippen molar-refractivity contribution < 1.29 is 9.59 Å². The smallest absolute Gasteiger partial charge is 0.272 e. The van der Waals surface area contributed by atoms with Gasteiger partial charge < -0.3 is 10.2 Å². The lowest BCUT2D eigenvalue weighted by atomic mass is 9.96. The monoisotopic (exact) mass is 395 g/mol. The van der Waals surface area contributed by atoms with Crippen LogP contribution < -0.4 is 10.2 Å². The number of carbonyl (C=O) groups excluding carboxylic acids is 2. The lowest BCUT2D eigenvalue weighted by Crippen LogP contribution is -2.46. The minimum absolute atomic E-state index is 0.200. The predicted octanol–water partition coefficient (Wildman–Crippen LogP) is 3.49. The SMILES string of the molecule is Cc1cc2c3c(c1)C(c1ccccc1)=NC(NC(=O)c1ccccc1)C(=O)N3CC2. The van der Waals surface area contributed by atoms with Crippen molar-refractivity contribution in [1.29, 1.82) is 0 Å². The molecule has 5 nitrogen and oxygen atoms in total. The Morgan fingerprint density at radius 2 is 1.73 bits per heavy atom. The number of hydrogen-bond donors (Lipinski definition) is 1. The summed E-state index contributed by atoms with van der Waals surface area (Å²) in [5.41, 5.74) is 6.30. The molecule has 0 fully saturated rings. The minimum atomic E-state index is -0.980. The van der Waals surface area contributed by atoms with Gasteiger partial charge in [-0.05, 0) is 37.1 Å². The first kappa shape index (κ1) is 18.3. The fourth-order valence-corrected chi connectivity index (χ4v) is 4.23. The topological polar surface area (TPSA) is 61.8 Å². The van der Waals surface area contributed by atoms with Gasteiger partial charge in [0, 0.05) is 23.2 Å². The number of aryl methyl sites for hydroxylation is 1. The summed E-state index contributed by atoms with van der Waals surface area (Å²) >= 11 is 0. The molecule has 1 N–H and O–H groups in total. The highest BCUT2D eigenvalue weighted by atomic mass is 16.2. The molecule has 148 valence electrons. The summed E-state index contributed by atoms with van der Waals surface area (Å²) in [6, 6.07) is 23.0. The maximum Gasteiger partial charge on any atom is 0.272 e. The maximum absolute atomic E-state index is 13.4. The highest BCUT2D eigenvalue weighted by molar-refractivity contribution is 6.21. The van der Waals surface area contributed by atoms with E-state index >= 15 is 0 Å². The van der Waals surface area contributed by atoms with Gasteiger partial charge in [-0.2, -0.15) is 0 Å². The van der Waals surface area contributed by atoms with Gasteiger partial charge >= 0.3 is 0 Å². The van der Waals surface area contributed by atoms with Crippen molar-refractivity contribution in [2.24, 2.45) is 4.99 Å². The number of nitrogens with one attached hydrogen (secondary N) is 1. The average molecular weight is 395 g/mol. The molecule has 5 rings (SSSR count). The molecule has 0 saturated carbocycles. The molecular formula is C25H21N3O2.